The maximum atomic E-state index is 4.86. The zero-order chi connectivity index (χ0) is 19.1. The first kappa shape index (κ1) is 18.0. The van der Waals surface area contributed by atoms with Gasteiger partial charge in [0.2, 0.25) is 0 Å². The molecular weight excluding hydrogens is 350 g/mol. The summed E-state index contributed by atoms with van der Waals surface area (Å²) in [4.78, 5) is 14.5. The minimum atomic E-state index is 0.422. The van der Waals surface area contributed by atoms with Crippen LogP contribution in [0, 0.1) is 6.92 Å². The quantitative estimate of drug-likeness (QED) is 0.810. The van der Waals surface area contributed by atoms with E-state index in [0.29, 0.717) is 5.92 Å². The third-order valence-corrected chi connectivity index (χ3v) is 6.67. The normalized spacial score (nSPS) is 22.8. The molecule has 1 atom stereocenters. The molecule has 28 heavy (non-hydrogen) atoms. The largest absolute Gasteiger partial charge is 0.356 e. The molecule has 2 aromatic heterocycles. The summed E-state index contributed by atoms with van der Waals surface area (Å²) in [7, 11) is 2.15. The molecule has 4 heterocycles. The summed E-state index contributed by atoms with van der Waals surface area (Å²) in [5.74, 6) is 4.76. The summed E-state index contributed by atoms with van der Waals surface area (Å²) in [6.45, 7) is 7.40. The van der Waals surface area contributed by atoms with Crippen LogP contribution in [0.5, 0.6) is 0 Å². The molecule has 2 aromatic rings. The Morgan fingerprint density at radius 3 is 2.68 bits per heavy atom. The number of aryl methyl sites for hydroxylation is 2. The lowest BCUT2D eigenvalue weighted by atomic mass is 9.96. The molecule has 0 radical (unpaired) electrons. The maximum absolute atomic E-state index is 4.86. The van der Waals surface area contributed by atoms with Gasteiger partial charge in [-0.1, -0.05) is 0 Å². The van der Waals surface area contributed by atoms with Crippen LogP contribution in [0.4, 0.5) is 5.82 Å². The summed E-state index contributed by atoms with van der Waals surface area (Å²) in [5, 5.41) is 9.18. The molecule has 0 aromatic carbocycles. The molecule has 1 aliphatic carbocycles. The van der Waals surface area contributed by atoms with Crippen LogP contribution >= 0.6 is 0 Å². The first-order chi connectivity index (χ1) is 13.7. The molecule has 0 amide bonds. The minimum Gasteiger partial charge on any atom is -0.356 e. The predicted molar refractivity (Wildman–Crippen MR) is 108 cm³/mol. The molecule has 0 saturated carbocycles. The summed E-state index contributed by atoms with van der Waals surface area (Å²) >= 11 is 0. The monoisotopic (exact) mass is 381 g/mol. The molecule has 0 unspecified atom stereocenters. The number of piperidine rings is 1. The number of aromatic nitrogens is 5. The molecule has 0 spiro atoms. The van der Waals surface area contributed by atoms with Crippen molar-refractivity contribution in [2.24, 2.45) is 7.05 Å². The first-order valence-corrected chi connectivity index (χ1v) is 10.9. The minimum absolute atomic E-state index is 0.422. The Morgan fingerprint density at radius 1 is 0.964 bits per heavy atom. The number of hydrogen-bond donors (Lipinski definition) is 0. The average Bonchev–Trinajstić information content (AvgIpc) is 3.44. The molecule has 7 nitrogen and oxygen atoms in total. The van der Waals surface area contributed by atoms with Gasteiger partial charge in [-0.2, -0.15) is 0 Å². The van der Waals surface area contributed by atoms with Crippen LogP contribution in [0.25, 0.3) is 0 Å². The van der Waals surface area contributed by atoms with Crippen LogP contribution in [-0.2, 0) is 26.4 Å². The van der Waals surface area contributed by atoms with Crippen LogP contribution in [-0.4, -0.2) is 55.8 Å². The Morgan fingerprint density at radius 2 is 1.82 bits per heavy atom. The molecule has 2 fully saturated rings. The van der Waals surface area contributed by atoms with Gasteiger partial charge in [0.25, 0.3) is 0 Å². The molecule has 0 N–H and O–H groups in total. The Labute approximate surface area is 167 Å². The van der Waals surface area contributed by atoms with E-state index in [1.807, 2.05) is 6.92 Å². The van der Waals surface area contributed by atoms with Crippen molar-refractivity contribution in [2.45, 2.75) is 64.3 Å². The average molecular weight is 382 g/mol. The van der Waals surface area contributed by atoms with E-state index in [1.165, 1.54) is 62.3 Å². The Bertz CT molecular complexity index is 853. The molecule has 2 saturated heterocycles. The lowest BCUT2D eigenvalue weighted by Crippen LogP contribution is -2.36. The van der Waals surface area contributed by atoms with Crippen molar-refractivity contribution < 1.29 is 0 Å². The summed E-state index contributed by atoms with van der Waals surface area (Å²) in [6.07, 6.45) is 8.41. The van der Waals surface area contributed by atoms with Gasteiger partial charge in [-0.3, -0.25) is 4.90 Å². The third-order valence-electron chi connectivity index (χ3n) is 6.67. The molecule has 7 heteroatoms. The third kappa shape index (κ3) is 3.30. The van der Waals surface area contributed by atoms with E-state index in [0.717, 1.165) is 49.9 Å². The van der Waals surface area contributed by atoms with Gasteiger partial charge in [0.05, 0.1) is 6.54 Å². The molecule has 3 aliphatic rings. The van der Waals surface area contributed by atoms with E-state index in [-0.39, 0.29) is 0 Å². The molecule has 5 rings (SSSR count). The van der Waals surface area contributed by atoms with Gasteiger partial charge >= 0.3 is 0 Å². The number of rotatable bonds is 4. The van der Waals surface area contributed by atoms with E-state index in [4.69, 9.17) is 4.98 Å². The van der Waals surface area contributed by atoms with Gasteiger partial charge in [-0.25, -0.2) is 9.97 Å². The van der Waals surface area contributed by atoms with Crippen molar-refractivity contribution >= 4 is 5.82 Å². The maximum Gasteiger partial charge on any atom is 0.146 e. The van der Waals surface area contributed by atoms with Crippen molar-refractivity contribution in [1.82, 2.24) is 29.6 Å². The van der Waals surface area contributed by atoms with E-state index in [1.54, 1.807) is 0 Å². The predicted octanol–water partition coefficient (Wildman–Crippen LogP) is 2.38. The molecular formula is C21H31N7. The van der Waals surface area contributed by atoms with Crippen molar-refractivity contribution in [3.8, 4) is 0 Å². The second-order valence-electron chi connectivity index (χ2n) is 8.68. The van der Waals surface area contributed by atoms with Crippen molar-refractivity contribution in [3.63, 3.8) is 0 Å². The fourth-order valence-corrected chi connectivity index (χ4v) is 5.18. The van der Waals surface area contributed by atoms with Gasteiger partial charge in [-0.05, 0) is 65.0 Å². The van der Waals surface area contributed by atoms with Crippen molar-refractivity contribution in [3.05, 3.63) is 28.7 Å². The zero-order valence-electron chi connectivity index (χ0n) is 17.2. The Kier molecular flexibility index (Phi) is 4.78. The van der Waals surface area contributed by atoms with E-state index >= 15 is 0 Å². The van der Waals surface area contributed by atoms with Crippen LogP contribution in [0.15, 0.2) is 0 Å². The molecule has 2 aliphatic heterocycles. The van der Waals surface area contributed by atoms with Gasteiger partial charge in [0, 0.05) is 37.3 Å². The van der Waals surface area contributed by atoms with Gasteiger partial charge in [0.15, 0.2) is 0 Å². The smallest absolute Gasteiger partial charge is 0.146 e. The van der Waals surface area contributed by atoms with Gasteiger partial charge < -0.3 is 9.47 Å². The number of nitrogens with zero attached hydrogens (tertiary/aromatic N) is 7. The van der Waals surface area contributed by atoms with Gasteiger partial charge in [0.1, 0.15) is 23.3 Å². The summed E-state index contributed by atoms with van der Waals surface area (Å²) in [5.41, 5.74) is 2.66. The van der Waals surface area contributed by atoms with E-state index in [9.17, 15) is 0 Å². The first-order valence-electron chi connectivity index (χ1n) is 10.9. The van der Waals surface area contributed by atoms with Crippen LogP contribution in [0.3, 0.4) is 0 Å². The van der Waals surface area contributed by atoms with Crippen LogP contribution < -0.4 is 4.90 Å². The Balaban J connectivity index is 1.36. The Hall–Kier alpha value is -2.02. The summed E-state index contributed by atoms with van der Waals surface area (Å²) < 4.78 is 2.25. The van der Waals surface area contributed by atoms with Crippen LogP contribution in [0.1, 0.15) is 66.8 Å². The van der Waals surface area contributed by atoms with Crippen molar-refractivity contribution in [1.29, 1.82) is 0 Å². The topological polar surface area (TPSA) is 63.0 Å². The molecule has 150 valence electrons. The standard InChI is InChI=1S/C21H31N7/c1-15-22-18-9-5-8-17(18)21(23-15)28-12-6-7-16(13-28)20-25-24-19(26(20)2)14-27-10-3-4-11-27/h16H,3-14H2,1-2H3/t16-/m0/s1. The highest BCUT2D eigenvalue weighted by molar-refractivity contribution is 5.51. The van der Waals surface area contributed by atoms with Gasteiger partial charge in [-0.15, -0.1) is 10.2 Å². The lowest BCUT2D eigenvalue weighted by molar-refractivity contribution is 0.317. The SMILES string of the molecule is Cc1nc2c(c(N3CCC[C@H](c4nnc(CN5CCCC5)n4C)C3)n1)CCC2. The van der Waals surface area contributed by atoms with Crippen molar-refractivity contribution in [2.75, 3.05) is 31.1 Å². The van der Waals surface area contributed by atoms with E-state index in [2.05, 4.69) is 36.6 Å². The fourth-order valence-electron chi connectivity index (χ4n) is 5.18. The highest BCUT2D eigenvalue weighted by Crippen LogP contribution is 2.34. The second kappa shape index (κ2) is 7.43. The number of anilines is 1. The lowest BCUT2D eigenvalue weighted by Gasteiger charge is -2.34. The van der Waals surface area contributed by atoms with Crippen LogP contribution in [0.2, 0.25) is 0 Å². The zero-order valence-corrected chi connectivity index (χ0v) is 17.2. The number of fused-ring (bicyclic) bond motifs is 1. The number of likely N-dealkylation sites (tertiary alicyclic amines) is 1. The number of hydrogen-bond acceptors (Lipinski definition) is 6. The second-order valence-corrected chi connectivity index (χ2v) is 8.68. The highest BCUT2D eigenvalue weighted by Gasteiger charge is 2.30. The fraction of sp³-hybridized carbons (Fsp3) is 0.714. The van der Waals surface area contributed by atoms with E-state index < -0.39 is 0 Å². The summed E-state index contributed by atoms with van der Waals surface area (Å²) in [6, 6.07) is 0. The highest BCUT2D eigenvalue weighted by atomic mass is 15.3. The molecule has 0 bridgehead atoms.